The zero-order valence-electron chi connectivity index (χ0n) is 14.8. The molecular formula is C18H27N3O3. The van der Waals surface area contributed by atoms with E-state index in [-0.39, 0.29) is 11.9 Å². The van der Waals surface area contributed by atoms with Crippen LogP contribution < -0.4 is 4.74 Å². The molecule has 0 aliphatic carbocycles. The molecule has 132 valence electrons. The molecule has 1 saturated heterocycles. The minimum absolute atomic E-state index is 0.00740. The van der Waals surface area contributed by atoms with Gasteiger partial charge in [0.1, 0.15) is 5.75 Å². The summed E-state index contributed by atoms with van der Waals surface area (Å²) in [5.74, 6) is 0.775. The van der Waals surface area contributed by atoms with Gasteiger partial charge >= 0.3 is 6.03 Å². The van der Waals surface area contributed by atoms with Gasteiger partial charge in [0, 0.05) is 44.8 Å². The standard InChI is InChI=1S/C18H27N3O3/c1-4-19(5-2)18(23)21-13-11-20(12-14-21)17(22)15-7-9-16(10-8-15)24-6-3/h7-10H,4-6,11-14H2,1-3H3. The third-order valence-corrected chi connectivity index (χ3v) is 4.28. The first-order valence-electron chi connectivity index (χ1n) is 8.66. The molecule has 6 heteroatoms. The minimum atomic E-state index is 0.00740. The third-order valence-electron chi connectivity index (χ3n) is 4.28. The summed E-state index contributed by atoms with van der Waals surface area (Å²) in [6, 6.07) is 7.28. The van der Waals surface area contributed by atoms with E-state index < -0.39 is 0 Å². The van der Waals surface area contributed by atoms with Gasteiger partial charge in [0.05, 0.1) is 6.61 Å². The monoisotopic (exact) mass is 333 g/mol. The largest absolute Gasteiger partial charge is 0.494 e. The highest BCUT2D eigenvalue weighted by Crippen LogP contribution is 2.15. The number of carbonyl (C=O) groups excluding carboxylic acids is 2. The Kier molecular flexibility index (Phi) is 6.46. The van der Waals surface area contributed by atoms with Gasteiger partial charge in [-0.15, -0.1) is 0 Å². The predicted octanol–water partition coefficient (Wildman–Crippen LogP) is 2.30. The summed E-state index contributed by atoms with van der Waals surface area (Å²) in [5, 5.41) is 0. The normalized spacial score (nSPS) is 14.5. The first-order valence-corrected chi connectivity index (χ1v) is 8.66. The van der Waals surface area contributed by atoms with Crippen molar-refractivity contribution in [2.45, 2.75) is 20.8 Å². The number of amides is 3. The Hall–Kier alpha value is -2.24. The lowest BCUT2D eigenvalue weighted by Gasteiger charge is -2.37. The fourth-order valence-corrected chi connectivity index (χ4v) is 2.84. The van der Waals surface area contributed by atoms with Crippen molar-refractivity contribution in [1.82, 2.24) is 14.7 Å². The van der Waals surface area contributed by atoms with E-state index >= 15 is 0 Å². The zero-order chi connectivity index (χ0) is 17.5. The van der Waals surface area contributed by atoms with Crippen LogP contribution in [-0.2, 0) is 0 Å². The molecule has 0 spiro atoms. The second-order valence-corrected chi connectivity index (χ2v) is 5.69. The average Bonchev–Trinajstić information content (AvgIpc) is 2.63. The lowest BCUT2D eigenvalue weighted by atomic mass is 10.1. The number of rotatable bonds is 5. The van der Waals surface area contributed by atoms with Crippen molar-refractivity contribution < 1.29 is 14.3 Å². The molecule has 1 heterocycles. The first kappa shape index (κ1) is 18.1. The van der Waals surface area contributed by atoms with Gasteiger partial charge in [-0.25, -0.2) is 4.79 Å². The van der Waals surface area contributed by atoms with Gasteiger partial charge in [-0.1, -0.05) is 0 Å². The van der Waals surface area contributed by atoms with Crippen molar-refractivity contribution in [3.63, 3.8) is 0 Å². The molecule has 1 aliphatic heterocycles. The molecular weight excluding hydrogens is 306 g/mol. The molecule has 2 rings (SSSR count). The molecule has 1 aromatic carbocycles. The summed E-state index contributed by atoms with van der Waals surface area (Å²) in [6.45, 7) is 10.2. The molecule has 0 unspecified atom stereocenters. The maximum absolute atomic E-state index is 12.6. The van der Waals surface area contributed by atoms with Crippen molar-refractivity contribution in [3.05, 3.63) is 29.8 Å². The molecule has 0 aromatic heterocycles. The molecule has 0 N–H and O–H groups in total. The number of carbonyl (C=O) groups is 2. The number of nitrogens with zero attached hydrogens (tertiary/aromatic N) is 3. The van der Waals surface area contributed by atoms with Crippen molar-refractivity contribution in [2.24, 2.45) is 0 Å². The number of hydrogen-bond donors (Lipinski definition) is 0. The maximum Gasteiger partial charge on any atom is 0.320 e. The van der Waals surface area contributed by atoms with Crippen LogP contribution in [0.3, 0.4) is 0 Å². The van der Waals surface area contributed by atoms with E-state index in [1.807, 2.05) is 47.6 Å². The molecule has 0 saturated carbocycles. The Morgan fingerprint density at radius 1 is 0.958 bits per heavy atom. The van der Waals surface area contributed by atoms with Crippen molar-refractivity contribution >= 4 is 11.9 Å². The fraction of sp³-hybridized carbons (Fsp3) is 0.556. The van der Waals surface area contributed by atoms with Gasteiger partial charge in [-0.3, -0.25) is 4.79 Å². The molecule has 0 bridgehead atoms. The van der Waals surface area contributed by atoms with E-state index in [4.69, 9.17) is 4.74 Å². The number of benzene rings is 1. The summed E-state index contributed by atoms with van der Waals surface area (Å²) in [7, 11) is 0. The minimum Gasteiger partial charge on any atom is -0.494 e. The van der Waals surface area contributed by atoms with Crippen LogP contribution in [0.4, 0.5) is 4.79 Å². The summed E-state index contributed by atoms with van der Waals surface area (Å²) < 4.78 is 5.40. The van der Waals surface area contributed by atoms with Gasteiger partial charge < -0.3 is 19.4 Å². The van der Waals surface area contributed by atoms with Crippen LogP contribution in [0.15, 0.2) is 24.3 Å². The average molecular weight is 333 g/mol. The highest BCUT2D eigenvalue weighted by Gasteiger charge is 2.26. The fourth-order valence-electron chi connectivity index (χ4n) is 2.84. The van der Waals surface area contributed by atoms with Crippen LogP contribution in [0, 0.1) is 0 Å². The highest BCUT2D eigenvalue weighted by molar-refractivity contribution is 5.94. The number of hydrogen-bond acceptors (Lipinski definition) is 3. The van der Waals surface area contributed by atoms with E-state index in [2.05, 4.69) is 0 Å². The Morgan fingerprint density at radius 2 is 1.50 bits per heavy atom. The lowest BCUT2D eigenvalue weighted by Crippen LogP contribution is -2.54. The number of piperazine rings is 1. The quantitative estimate of drug-likeness (QED) is 0.831. The predicted molar refractivity (Wildman–Crippen MR) is 93.4 cm³/mol. The van der Waals surface area contributed by atoms with Crippen molar-refractivity contribution in [3.8, 4) is 5.75 Å². The SMILES string of the molecule is CCOc1ccc(C(=O)N2CCN(C(=O)N(CC)CC)CC2)cc1. The van der Waals surface area contributed by atoms with Crippen LogP contribution >= 0.6 is 0 Å². The Morgan fingerprint density at radius 3 is 2.00 bits per heavy atom. The zero-order valence-corrected chi connectivity index (χ0v) is 14.8. The van der Waals surface area contributed by atoms with Gasteiger partial charge in [-0.2, -0.15) is 0 Å². The van der Waals surface area contributed by atoms with E-state index in [9.17, 15) is 9.59 Å². The number of ether oxygens (including phenoxy) is 1. The Bertz CT molecular complexity index is 547. The van der Waals surface area contributed by atoms with Gasteiger partial charge in [0.25, 0.3) is 5.91 Å². The van der Waals surface area contributed by atoms with Crippen LogP contribution in [0.1, 0.15) is 31.1 Å². The molecule has 1 aromatic rings. The molecule has 24 heavy (non-hydrogen) atoms. The van der Waals surface area contributed by atoms with E-state index in [1.54, 1.807) is 12.1 Å². The van der Waals surface area contributed by atoms with Gasteiger partial charge in [-0.05, 0) is 45.0 Å². The summed E-state index contributed by atoms with van der Waals surface area (Å²) in [4.78, 5) is 30.3. The first-order chi connectivity index (χ1) is 11.6. The maximum atomic E-state index is 12.6. The highest BCUT2D eigenvalue weighted by atomic mass is 16.5. The third kappa shape index (κ3) is 4.19. The van der Waals surface area contributed by atoms with Gasteiger partial charge in [0.2, 0.25) is 0 Å². The van der Waals surface area contributed by atoms with E-state index in [1.165, 1.54) is 0 Å². The molecule has 0 atom stereocenters. The molecule has 6 nitrogen and oxygen atoms in total. The Labute approximate surface area is 144 Å². The summed E-state index contributed by atoms with van der Waals surface area (Å²) in [5.41, 5.74) is 0.655. The van der Waals surface area contributed by atoms with Crippen LogP contribution in [0.25, 0.3) is 0 Å². The van der Waals surface area contributed by atoms with E-state index in [0.717, 1.165) is 5.75 Å². The molecule has 0 radical (unpaired) electrons. The van der Waals surface area contributed by atoms with Crippen molar-refractivity contribution in [2.75, 3.05) is 45.9 Å². The van der Waals surface area contributed by atoms with Gasteiger partial charge in [0.15, 0.2) is 0 Å². The summed E-state index contributed by atoms with van der Waals surface area (Å²) in [6.07, 6.45) is 0. The molecule has 1 fully saturated rings. The molecule has 3 amide bonds. The lowest BCUT2D eigenvalue weighted by molar-refractivity contribution is 0.0641. The van der Waals surface area contributed by atoms with Crippen LogP contribution in [0.5, 0.6) is 5.75 Å². The van der Waals surface area contributed by atoms with Crippen LogP contribution in [-0.4, -0.2) is 72.5 Å². The van der Waals surface area contributed by atoms with Crippen molar-refractivity contribution in [1.29, 1.82) is 0 Å². The second kappa shape index (κ2) is 8.57. The van der Waals surface area contributed by atoms with E-state index in [0.29, 0.717) is 51.4 Å². The summed E-state index contributed by atoms with van der Waals surface area (Å²) >= 11 is 0. The Balaban J connectivity index is 1.91. The topological polar surface area (TPSA) is 53.1 Å². The second-order valence-electron chi connectivity index (χ2n) is 5.69. The smallest absolute Gasteiger partial charge is 0.320 e. The van der Waals surface area contributed by atoms with Crippen LogP contribution in [0.2, 0.25) is 0 Å². The molecule has 1 aliphatic rings. The number of urea groups is 1.